The lowest BCUT2D eigenvalue weighted by Gasteiger charge is -2.24. The Labute approximate surface area is 145 Å². The molecule has 0 aromatic carbocycles. The number of hydrogen-bond donors (Lipinski definition) is 1. The summed E-state index contributed by atoms with van der Waals surface area (Å²) in [5.41, 5.74) is 1.43. The Bertz CT molecular complexity index is 705. The molecule has 7 heteroatoms. The summed E-state index contributed by atoms with van der Waals surface area (Å²) < 4.78 is 1.96. The van der Waals surface area contributed by atoms with Crippen molar-refractivity contribution in [2.75, 3.05) is 19.6 Å². The van der Waals surface area contributed by atoms with Crippen LogP contribution >= 0.6 is 11.3 Å². The molecule has 2 aromatic rings. The van der Waals surface area contributed by atoms with E-state index in [9.17, 15) is 4.79 Å². The number of nitrogens with zero attached hydrogens (tertiary/aromatic N) is 4. The van der Waals surface area contributed by atoms with Gasteiger partial charge in [-0.2, -0.15) is 0 Å². The van der Waals surface area contributed by atoms with Crippen molar-refractivity contribution in [1.29, 1.82) is 0 Å². The molecule has 2 aliphatic rings. The van der Waals surface area contributed by atoms with Crippen molar-refractivity contribution in [3.63, 3.8) is 0 Å². The molecule has 2 aromatic heterocycles. The lowest BCUT2D eigenvalue weighted by molar-refractivity contribution is 0.0731. The normalized spacial score (nSPS) is 22.2. The summed E-state index contributed by atoms with van der Waals surface area (Å²) in [6.45, 7) is 4.78. The highest BCUT2D eigenvalue weighted by Crippen LogP contribution is 2.35. The zero-order valence-corrected chi connectivity index (χ0v) is 14.8. The smallest absolute Gasteiger partial charge is 0.276 e. The van der Waals surface area contributed by atoms with Gasteiger partial charge in [0.15, 0.2) is 5.69 Å². The molecule has 1 amide bonds. The second kappa shape index (κ2) is 6.64. The number of hydrogen-bond acceptors (Lipinski definition) is 5. The third-order valence-corrected chi connectivity index (χ3v) is 6.14. The van der Waals surface area contributed by atoms with Gasteiger partial charge in [-0.15, -0.1) is 16.4 Å². The van der Waals surface area contributed by atoms with E-state index < -0.39 is 0 Å². The standard InChI is InChI=1S/C17H23N5OS/c1-12-16(19-20-22(12)13-6-8-18-9-7-13)17(23)21-10-2-4-14(21)15-5-3-11-24-15/h3,5,11,13-14,18H,2,4,6-10H2,1H3/t14-/m0/s1. The van der Waals surface area contributed by atoms with Crippen LogP contribution in [0.1, 0.15) is 58.8 Å². The Hall–Kier alpha value is -1.73. The van der Waals surface area contributed by atoms with Crippen molar-refractivity contribution in [2.24, 2.45) is 0 Å². The molecule has 2 aliphatic heterocycles. The third kappa shape index (κ3) is 2.75. The van der Waals surface area contributed by atoms with Gasteiger partial charge in [0.05, 0.1) is 17.8 Å². The maximum atomic E-state index is 13.1. The number of amides is 1. The molecule has 0 aliphatic carbocycles. The molecule has 0 unspecified atom stereocenters. The molecule has 24 heavy (non-hydrogen) atoms. The van der Waals surface area contributed by atoms with Crippen LogP contribution in [0.3, 0.4) is 0 Å². The van der Waals surface area contributed by atoms with Gasteiger partial charge in [0, 0.05) is 11.4 Å². The van der Waals surface area contributed by atoms with E-state index in [0.717, 1.165) is 51.0 Å². The van der Waals surface area contributed by atoms with Gasteiger partial charge in [-0.05, 0) is 57.1 Å². The van der Waals surface area contributed by atoms with Gasteiger partial charge in [0.25, 0.3) is 5.91 Å². The SMILES string of the molecule is Cc1c(C(=O)N2CCC[C@H]2c2cccs2)nnn1C1CCNCC1. The van der Waals surface area contributed by atoms with Crippen molar-refractivity contribution < 1.29 is 4.79 Å². The maximum Gasteiger partial charge on any atom is 0.276 e. The fraction of sp³-hybridized carbons (Fsp3) is 0.588. The van der Waals surface area contributed by atoms with E-state index in [1.165, 1.54) is 4.88 Å². The highest BCUT2D eigenvalue weighted by molar-refractivity contribution is 7.10. The van der Waals surface area contributed by atoms with Crippen LogP contribution in [0, 0.1) is 6.92 Å². The first-order valence-corrected chi connectivity index (χ1v) is 9.60. The van der Waals surface area contributed by atoms with E-state index in [4.69, 9.17) is 0 Å². The molecule has 0 spiro atoms. The fourth-order valence-electron chi connectivity index (χ4n) is 3.86. The van der Waals surface area contributed by atoms with Gasteiger partial charge in [0.1, 0.15) is 0 Å². The van der Waals surface area contributed by atoms with E-state index >= 15 is 0 Å². The second-order valence-corrected chi connectivity index (χ2v) is 7.60. The molecule has 6 nitrogen and oxygen atoms in total. The first-order chi connectivity index (χ1) is 11.8. The lowest BCUT2D eigenvalue weighted by atomic mass is 10.1. The third-order valence-electron chi connectivity index (χ3n) is 5.17. The van der Waals surface area contributed by atoms with E-state index in [1.54, 1.807) is 11.3 Å². The summed E-state index contributed by atoms with van der Waals surface area (Å²) in [5, 5.41) is 14.0. The van der Waals surface area contributed by atoms with Crippen molar-refractivity contribution >= 4 is 17.2 Å². The molecule has 0 bridgehead atoms. The second-order valence-electron chi connectivity index (χ2n) is 6.62. The molecule has 2 saturated heterocycles. The predicted octanol–water partition coefficient (Wildman–Crippen LogP) is 2.55. The minimum Gasteiger partial charge on any atom is -0.329 e. The number of thiophene rings is 1. The molecule has 1 atom stereocenters. The van der Waals surface area contributed by atoms with E-state index in [1.807, 2.05) is 16.5 Å². The molecule has 1 N–H and O–H groups in total. The quantitative estimate of drug-likeness (QED) is 0.929. The van der Waals surface area contributed by atoms with E-state index in [0.29, 0.717) is 11.7 Å². The minimum absolute atomic E-state index is 0.0311. The molecular formula is C17H23N5OS. The zero-order valence-electron chi connectivity index (χ0n) is 13.9. The summed E-state index contributed by atoms with van der Waals surface area (Å²) in [4.78, 5) is 16.3. The van der Waals surface area contributed by atoms with Crippen LogP contribution in [0.4, 0.5) is 0 Å². The Morgan fingerprint density at radius 3 is 2.92 bits per heavy atom. The molecule has 2 fully saturated rings. The van der Waals surface area contributed by atoms with Crippen molar-refractivity contribution in [1.82, 2.24) is 25.2 Å². The van der Waals surface area contributed by atoms with Gasteiger partial charge < -0.3 is 10.2 Å². The molecule has 4 rings (SSSR count). The Kier molecular flexibility index (Phi) is 4.37. The molecule has 0 saturated carbocycles. The lowest BCUT2D eigenvalue weighted by Crippen LogP contribution is -2.32. The summed E-state index contributed by atoms with van der Waals surface area (Å²) in [6, 6.07) is 4.73. The van der Waals surface area contributed by atoms with Crippen LogP contribution in [-0.2, 0) is 0 Å². The highest BCUT2D eigenvalue weighted by atomic mass is 32.1. The van der Waals surface area contributed by atoms with Crippen LogP contribution in [0.5, 0.6) is 0 Å². The summed E-state index contributed by atoms with van der Waals surface area (Å²) >= 11 is 1.73. The summed E-state index contributed by atoms with van der Waals surface area (Å²) in [5.74, 6) is 0.0311. The monoisotopic (exact) mass is 345 g/mol. The van der Waals surface area contributed by atoms with Crippen LogP contribution < -0.4 is 5.32 Å². The Balaban J connectivity index is 1.57. The number of likely N-dealkylation sites (tertiary alicyclic amines) is 1. The van der Waals surface area contributed by atoms with Crippen molar-refractivity contribution in [2.45, 2.75) is 44.7 Å². The van der Waals surface area contributed by atoms with Crippen molar-refractivity contribution in [3.05, 3.63) is 33.8 Å². The first-order valence-electron chi connectivity index (χ1n) is 8.72. The molecule has 4 heterocycles. The van der Waals surface area contributed by atoms with Crippen LogP contribution in [0.25, 0.3) is 0 Å². The van der Waals surface area contributed by atoms with Gasteiger partial charge in [-0.3, -0.25) is 4.79 Å². The van der Waals surface area contributed by atoms with Crippen molar-refractivity contribution in [3.8, 4) is 0 Å². The Morgan fingerprint density at radius 2 is 2.17 bits per heavy atom. The topological polar surface area (TPSA) is 63.1 Å². The van der Waals surface area contributed by atoms with Crippen LogP contribution in [-0.4, -0.2) is 45.4 Å². The average Bonchev–Trinajstić information content (AvgIpc) is 3.35. The summed E-state index contributed by atoms with van der Waals surface area (Å²) in [7, 11) is 0. The number of nitrogens with one attached hydrogen (secondary N) is 1. The van der Waals surface area contributed by atoms with Crippen LogP contribution in [0.2, 0.25) is 0 Å². The van der Waals surface area contributed by atoms with Gasteiger partial charge in [-0.25, -0.2) is 4.68 Å². The summed E-state index contributed by atoms with van der Waals surface area (Å²) in [6.07, 6.45) is 4.17. The number of carbonyl (C=O) groups is 1. The van der Waals surface area contributed by atoms with E-state index in [2.05, 4.69) is 33.1 Å². The fourth-order valence-corrected chi connectivity index (χ4v) is 4.73. The zero-order chi connectivity index (χ0) is 16.5. The van der Waals surface area contributed by atoms with E-state index in [-0.39, 0.29) is 11.9 Å². The number of carbonyl (C=O) groups excluding carboxylic acids is 1. The van der Waals surface area contributed by atoms with Gasteiger partial charge >= 0.3 is 0 Å². The predicted molar refractivity (Wildman–Crippen MR) is 93.2 cm³/mol. The molecule has 128 valence electrons. The maximum absolute atomic E-state index is 13.1. The van der Waals surface area contributed by atoms with Gasteiger partial charge in [-0.1, -0.05) is 11.3 Å². The highest BCUT2D eigenvalue weighted by Gasteiger charge is 2.34. The molecule has 0 radical (unpaired) electrons. The number of rotatable bonds is 3. The minimum atomic E-state index is 0.0311. The number of aromatic nitrogens is 3. The molecular weight excluding hydrogens is 322 g/mol. The average molecular weight is 345 g/mol. The Morgan fingerprint density at radius 1 is 1.33 bits per heavy atom. The van der Waals surface area contributed by atoms with Crippen LogP contribution in [0.15, 0.2) is 17.5 Å². The largest absolute Gasteiger partial charge is 0.329 e. The first kappa shape index (κ1) is 15.8. The van der Waals surface area contributed by atoms with Gasteiger partial charge in [0.2, 0.25) is 0 Å². The number of piperidine rings is 1.